The van der Waals surface area contributed by atoms with Crippen LogP contribution in [0.15, 0.2) is 30.5 Å². The van der Waals surface area contributed by atoms with Crippen molar-refractivity contribution in [1.29, 1.82) is 0 Å². The molecule has 0 fully saturated rings. The number of benzene rings is 1. The van der Waals surface area contributed by atoms with Gasteiger partial charge in [-0.25, -0.2) is 4.68 Å². The molecule has 0 aliphatic carbocycles. The van der Waals surface area contributed by atoms with Crippen LogP contribution in [0.2, 0.25) is 0 Å². The second-order valence-corrected chi connectivity index (χ2v) is 3.64. The Kier molecular flexibility index (Phi) is 2.88. The molecule has 0 aliphatic rings. The van der Waals surface area contributed by atoms with Gasteiger partial charge >= 0.3 is 0 Å². The lowest BCUT2D eigenvalue weighted by atomic mass is 10.2. The molecule has 1 heterocycles. The van der Waals surface area contributed by atoms with Crippen molar-refractivity contribution in [2.45, 2.75) is 13.5 Å². The third-order valence-corrected chi connectivity index (χ3v) is 2.64. The Morgan fingerprint density at radius 3 is 2.53 bits per heavy atom. The van der Waals surface area contributed by atoms with Gasteiger partial charge in [-0.1, -0.05) is 0 Å². The number of nitro groups is 1. The minimum atomic E-state index is -0.426. The molecular weight excluding hydrogens is 220 g/mol. The Bertz CT molecular complexity index is 545. The zero-order valence-corrected chi connectivity index (χ0v) is 9.33. The monoisotopic (exact) mass is 232 g/mol. The third kappa shape index (κ3) is 2.02. The lowest BCUT2D eigenvalue weighted by Gasteiger charge is -2.04. The first-order valence-corrected chi connectivity index (χ1v) is 5.12. The van der Waals surface area contributed by atoms with E-state index >= 15 is 0 Å². The second-order valence-electron chi connectivity index (χ2n) is 3.64. The zero-order chi connectivity index (χ0) is 12.4. The number of hydrogen-bond donors (Lipinski definition) is 1. The van der Waals surface area contributed by atoms with Crippen LogP contribution in [0.1, 0.15) is 11.3 Å². The van der Waals surface area contributed by atoms with Gasteiger partial charge in [0.15, 0.2) is 0 Å². The molecule has 6 heteroatoms. The van der Waals surface area contributed by atoms with Crippen LogP contribution in [0.5, 0.6) is 0 Å². The number of aromatic nitrogens is 2. The topological polar surface area (TPSA) is 87.0 Å². The molecule has 2 rings (SSSR count). The van der Waals surface area contributed by atoms with Crippen molar-refractivity contribution in [3.8, 4) is 5.69 Å². The summed E-state index contributed by atoms with van der Waals surface area (Å²) in [6, 6.07) is 6.24. The van der Waals surface area contributed by atoms with Gasteiger partial charge in [-0.05, 0) is 19.1 Å². The van der Waals surface area contributed by atoms with E-state index in [-0.39, 0.29) is 5.69 Å². The molecule has 1 aromatic carbocycles. The number of hydrogen-bond acceptors (Lipinski definition) is 4. The van der Waals surface area contributed by atoms with Gasteiger partial charge in [-0.15, -0.1) is 0 Å². The summed E-state index contributed by atoms with van der Waals surface area (Å²) in [6.45, 7) is 2.34. The molecule has 0 spiro atoms. The minimum absolute atomic E-state index is 0.0672. The average Bonchev–Trinajstić information content (AvgIpc) is 2.70. The molecular formula is C11H12N4O2. The summed E-state index contributed by atoms with van der Waals surface area (Å²) < 4.78 is 1.71. The maximum atomic E-state index is 10.5. The van der Waals surface area contributed by atoms with Gasteiger partial charge in [0.25, 0.3) is 5.69 Å². The number of rotatable bonds is 3. The first kappa shape index (κ1) is 11.3. The van der Waals surface area contributed by atoms with Crippen LogP contribution in [-0.2, 0) is 6.54 Å². The van der Waals surface area contributed by atoms with Crippen LogP contribution in [0, 0.1) is 17.0 Å². The second kappa shape index (κ2) is 4.34. The molecule has 0 unspecified atom stereocenters. The van der Waals surface area contributed by atoms with E-state index in [0.717, 1.165) is 16.9 Å². The van der Waals surface area contributed by atoms with Crippen molar-refractivity contribution >= 4 is 5.69 Å². The van der Waals surface area contributed by atoms with Crippen molar-refractivity contribution in [2.24, 2.45) is 5.73 Å². The van der Waals surface area contributed by atoms with Crippen LogP contribution < -0.4 is 5.73 Å². The highest BCUT2D eigenvalue weighted by Gasteiger charge is 2.09. The highest BCUT2D eigenvalue weighted by atomic mass is 16.6. The van der Waals surface area contributed by atoms with E-state index in [1.807, 2.05) is 6.92 Å². The predicted octanol–water partition coefficient (Wildman–Crippen LogP) is 1.55. The number of nitrogens with two attached hydrogens (primary N) is 1. The summed E-state index contributed by atoms with van der Waals surface area (Å²) >= 11 is 0. The first-order chi connectivity index (χ1) is 8.13. The maximum Gasteiger partial charge on any atom is 0.269 e. The fourth-order valence-electron chi connectivity index (χ4n) is 1.62. The SMILES string of the molecule is Cc1c(CN)cnn1-c1ccc([N+](=O)[O-])cc1. The summed E-state index contributed by atoms with van der Waals surface area (Å²) in [5.74, 6) is 0. The number of nitrogens with zero attached hydrogens (tertiary/aromatic N) is 3. The van der Waals surface area contributed by atoms with Crippen molar-refractivity contribution in [1.82, 2.24) is 9.78 Å². The van der Waals surface area contributed by atoms with E-state index in [4.69, 9.17) is 5.73 Å². The largest absolute Gasteiger partial charge is 0.326 e. The Balaban J connectivity index is 2.39. The molecule has 6 nitrogen and oxygen atoms in total. The molecule has 1 aromatic heterocycles. The molecule has 0 radical (unpaired) electrons. The van der Waals surface area contributed by atoms with Gasteiger partial charge in [-0.2, -0.15) is 5.10 Å². The molecule has 0 amide bonds. The summed E-state index contributed by atoms with van der Waals surface area (Å²) in [7, 11) is 0. The van der Waals surface area contributed by atoms with Gasteiger partial charge < -0.3 is 5.73 Å². The molecule has 2 N–H and O–H groups in total. The molecule has 17 heavy (non-hydrogen) atoms. The molecule has 0 saturated heterocycles. The molecule has 0 atom stereocenters. The lowest BCUT2D eigenvalue weighted by Crippen LogP contribution is -2.02. The Hall–Kier alpha value is -2.21. The van der Waals surface area contributed by atoms with Gasteiger partial charge in [0.2, 0.25) is 0 Å². The van der Waals surface area contributed by atoms with Gasteiger partial charge in [0, 0.05) is 29.9 Å². The lowest BCUT2D eigenvalue weighted by molar-refractivity contribution is -0.384. The highest BCUT2D eigenvalue weighted by Crippen LogP contribution is 2.17. The highest BCUT2D eigenvalue weighted by molar-refractivity contribution is 5.41. The average molecular weight is 232 g/mol. The van der Waals surface area contributed by atoms with Crippen LogP contribution in [-0.4, -0.2) is 14.7 Å². The zero-order valence-electron chi connectivity index (χ0n) is 9.33. The van der Waals surface area contributed by atoms with E-state index < -0.39 is 4.92 Å². The van der Waals surface area contributed by atoms with Crippen molar-refractivity contribution in [3.63, 3.8) is 0 Å². The summed E-state index contributed by atoms with van der Waals surface area (Å²) in [5.41, 5.74) is 8.32. The quantitative estimate of drug-likeness (QED) is 0.642. The van der Waals surface area contributed by atoms with Gasteiger partial charge in [0.05, 0.1) is 16.8 Å². The molecule has 88 valence electrons. The standard InChI is InChI=1S/C11H12N4O2/c1-8-9(6-12)7-13-14(8)10-2-4-11(5-3-10)15(16)17/h2-5,7H,6,12H2,1H3. The van der Waals surface area contributed by atoms with Crippen molar-refractivity contribution in [3.05, 3.63) is 51.8 Å². The van der Waals surface area contributed by atoms with Gasteiger partial charge in [0.1, 0.15) is 0 Å². The first-order valence-electron chi connectivity index (χ1n) is 5.12. The van der Waals surface area contributed by atoms with Crippen LogP contribution in [0.25, 0.3) is 5.69 Å². The molecule has 0 saturated carbocycles. The van der Waals surface area contributed by atoms with Crippen molar-refractivity contribution < 1.29 is 4.92 Å². The fraction of sp³-hybridized carbons (Fsp3) is 0.182. The maximum absolute atomic E-state index is 10.5. The van der Waals surface area contributed by atoms with E-state index in [0.29, 0.717) is 6.54 Å². The van der Waals surface area contributed by atoms with Crippen molar-refractivity contribution in [2.75, 3.05) is 0 Å². The number of nitro benzene ring substituents is 1. The summed E-state index contributed by atoms with van der Waals surface area (Å²) in [6.07, 6.45) is 1.71. The predicted molar refractivity (Wildman–Crippen MR) is 62.8 cm³/mol. The Labute approximate surface area is 97.8 Å². The van der Waals surface area contributed by atoms with E-state index in [1.54, 1.807) is 23.0 Å². The minimum Gasteiger partial charge on any atom is -0.326 e. The smallest absolute Gasteiger partial charge is 0.269 e. The van der Waals surface area contributed by atoms with E-state index in [2.05, 4.69) is 5.10 Å². The van der Waals surface area contributed by atoms with E-state index in [1.165, 1.54) is 12.1 Å². The molecule has 0 aliphatic heterocycles. The molecule has 0 bridgehead atoms. The molecule has 2 aromatic rings. The Morgan fingerprint density at radius 1 is 1.41 bits per heavy atom. The number of non-ortho nitro benzene ring substituents is 1. The Morgan fingerprint density at radius 2 is 2.06 bits per heavy atom. The fourth-order valence-corrected chi connectivity index (χ4v) is 1.62. The van der Waals surface area contributed by atoms with E-state index in [9.17, 15) is 10.1 Å². The normalized spacial score (nSPS) is 10.5. The third-order valence-electron chi connectivity index (χ3n) is 2.64. The van der Waals surface area contributed by atoms with Gasteiger partial charge in [-0.3, -0.25) is 10.1 Å². The van der Waals surface area contributed by atoms with Crippen LogP contribution in [0.4, 0.5) is 5.69 Å². The van der Waals surface area contributed by atoms with Crippen LogP contribution in [0.3, 0.4) is 0 Å². The summed E-state index contributed by atoms with van der Waals surface area (Å²) in [5, 5.41) is 14.7. The van der Waals surface area contributed by atoms with Crippen LogP contribution >= 0.6 is 0 Å². The summed E-state index contributed by atoms with van der Waals surface area (Å²) in [4.78, 5) is 10.1.